The van der Waals surface area contributed by atoms with Crippen molar-refractivity contribution in [2.75, 3.05) is 19.6 Å². The number of hydrogen-bond acceptors (Lipinski definition) is 4. The van der Waals surface area contributed by atoms with E-state index >= 15 is 0 Å². The van der Waals surface area contributed by atoms with Crippen LogP contribution < -0.4 is 36.0 Å². The molecule has 2 fully saturated rings. The Kier molecular flexibility index (Phi) is 11.9. The Morgan fingerprint density at radius 3 is 1.16 bits per heavy atom. The molecular weight excluding hydrogens is 992 g/mol. The Balaban J connectivity index is 1.13. The molecule has 4 unspecified atom stereocenters. The molecule has 6 aliphatic rings. The minimum Gasteiger partial charge on any atom is -0.334 e. The largest absolute Gasteiger partial charge is 0.334 e. The fourth-order valence-electron chi connectivity index (χ4n) is 16.5. The summed E-state index contributed by atoms with van der Waals surface area (Å²) >= 11 is 0. The Bertz CT molecular complexity index is 3740. The van der Waals surface area contributed by atoms with Crippen molar-refractivity contribution in [2.45, 2.75) is 225 Å². The molecular formula is C77H93BN4. The predicted octanol–water partition coefficient (Wildman–Crippen LogP) is 19.4. The molecule has 82 heavy (non-hydrogen) atoms. The van der Waals surface area contributed by atoms with Crippen molar-refractivity contribution in [2.24, 2.45) is 0 Å². The third kappa shape index (κ3) is 7.88. The van der Waals surface area contributed by atoms with E-state index in [0.717, 1.165) is 12.8 Å². The lowest BCUT2D eigenvalue weighted by atomic mass is 9.33. The van der Waals surface area contributed by atoms with Gasteiger partial charge in [-0.2, -0.15) is 0 Å². The van der Waals surface area contributed by atoms with E-state index in [1.165, 1.54) is 144 Å². The SMILES string of the molecule is CC(C)(C)c1ccc(N2c3ccc(C(C)(C)C)cc3B3c4ccc(N5c6ccc(C(C)(C)C)cc6C6(C)CCCCC56C)cc4N(c4ccc(C(C)(C)C)cc4)c4cc(N5c6ccc(C(C)(C)C)cc6C6(C)CCCC56C)cc2c43)cc1. The fourth-order valence-corrected chi connectivity index (χ4v) is 16.5. The second kappa shape index (κ2) is 17.7. The van der Waals surface area contributed by atoms with Crippen molar-refractivity contribution in [3.8, 4) is 0 Å². The van der Waals surface area contributed by atoms with Crippen LogP contribution in [-0.4, -0.2) is 17.8 Å². The van der Waals surface area contributed by atoms with E-state index < -0.39 is 0 Å². The van der Waals surface area contributed by atoms with Crippen molar-refractivity contribution in [1.29, 1.82) is 0 Å². The van der Waals surface area contributed by atoms with Crippen LogP contribution in [0.15, 0.2) is 133 Å². The molecule has 7 aromatic carbocycles. The van der Waals surface area contributed by atoms with Crippen LogP contribution >= 0.6 is 0 Å². The average molecular weight is 1090 g/mol. The molecule has 5 heteroatoms. The maximum Gasteiger partial charge on any atom is 0.252 e. The quantitative estimate of drug-likeness (QED) is 0.163. The van der Waals surface area contributed by atoms with Gasteiger partial charge in [0, 0.05) is 67.7 Å². The van der Waals surface area contributed by atoms with Gasteiger partial charge in [0.1, 0.15) is 0 Å². The van der Waals surface area contributed by atoms with Crippen molar-refractivity contribution in [1.82, 2.24) is 0 Å². The number of rotatable bonds is 4. The van der Waals surface area contributed by atoms with Gasteiger partial charge in [0.05, 0.1) is 11.1 Å². The van der Waals surface area contributed by atoms with Gasteiger partial charge in [-0.05, 0) is 189 Å². The highest BCUT2D eigenvalue weighted by Crippen LogP contribution is 2.65. The lowest BCUT2D eigenvalue weighted by Gasteiger charge is -2.51. The van der Waals surface area contributed by atoms with E-state index in [1.54, 1.807) is 0 Å². The van der Waals surface area contributed by atoms with Crippen molar-refractivity contribution < 1.29 is 0 Å². The van der Waals surface area contributed by atoms with E-state index in [9.17, 15) is 0 Å². The molecule has 4 atom stereocenters. The molecule has 0 N–H and O–H groups in total. The van der Waals surface area contributed by atoms with Crippen LogP contribution in [0.4, 0.5) is 56.9 Å². The van der Waals surface area contributed by atoms with E-state index in [4.69, 9.17) is 0 Å². The molecule has 4 nitrogen and oxygen atoms in total. The molecule has 2 saturated carbocycles. The lowest BCUT2D eigenvalue weighted by molar-refractivity contribution is 0.195. The van der Waals surface area contributed by atoms with Crippen LogP contribution in [0.5, 0.6) is 0 Å². The summed E-state index contributed by atoms with van der Waals surface area (Å²) in [7, 11) is 0. The van der Waals surface area contributed by atoms with Crippen LogP contribution in [0.2, 0.25) is 0 Å². The summed E-state index contributed by atoms with van der Waals surface area (Å²) in [5.74, 6) is 0. The molecule has 0 bridgehead atoms. The average Bonchev–Trinajstić information content (AvgIpc) is 1.39. The van der Waals surface area contributed by atoms with E-state index in [0.29, 0.717) is 0 Å². The van der Waals surface area contributed by atoms with Crippen molar-refractivity contribution in [3.05, 3.63) is 172 Å². The van der Waals surface area contributed by atoms with Crippen LogP contribution in [0, 0.1) is 0 Å². The fraction of sp³-hybridized carbons (Fsp3) is 0.455. The number of fused-ring (bicyclic) bond motifs is 10. The molecule has 0 saturated heterocycles. The Morgan fingerprint density at radius 2 is 0.683 bits per heavy atom. The molecule has 424 valence electrons. The third-order valence-corrected chi connectivity index (χ3v) is 22.1. The minimum atomic E-state index is -0.142. The second-order valence-corrected chi connectivity index (χ2v) is 32.3. The Labute approximate surface area is 494 Å². The molecule has 13 rings (SSSR count). The summed E-state index contributed by atoms with van der Waals surface area (Å²) in [5, 5.41) is 0. The summed E-state index contributed by atoms with van der Waals surface area (Å²) in [6, 6.07) is 54.8. The van der Waals surface area contributed by atoms with Gasteiger partial charge in [-0.3, -0.25) is 0 Å². The monoisotopic (exact) mass is 1080 g/mol. The van der Waals surface area contributed by atoms with Gasteiger partial charge in [0.25, 0.3) is 6.71 Å². The van der Waals surface area contributed by atoms with Crippen LogP contribution in [-0.2, 0) is 37.9 Å². The van der Waals surface area contributed by atoms with E-state index in [2.05, 4.69) is 285 Å². The molecule has 0 aromatic heterocycles. The molecule has 0 radical (unpaired) electrons. The summed E-state index contributed by atoms with van der Waals surface area (Å²) in [6.45, 7) is 45.8. The summed E-state index contributed by atoms with van der Waals surface area (Å²) in [4.78, 5) is 11.0. The zero-order valence-electron chi connectivity index (χ0n) is 53.5. The van der Waals surface area contributed by atoms with Gasteiger partial charge in [-0.15, -0.1) is 0 Å². The molecule has 0 spiro atoms. The smallest absolute Gasteiger partial charge is 0.252 e. The topological polar surface area (TPSA) is 13.0 Å². The maximum atomic E-state index is 2.83. The number of benzene rings is 7. The van der Waals surface area contributed by atoms with E-state index in [1.807, 2.05) is 0 Å². The highest BCUT2D eigenvalue weighted by Gasteiger charge is 2.61. The normalized spacial score (nSPS) is 23.8. The summed E-state index contributed by atoms with van der Waals surface area (Å²) < 4.78 is 0. The summed E-state index contributed by atoms with van der Waals surface area (Å²) in [6.07, 6.45) is 8.34. The third-order valence-electron chi connectivity index (χ3n) is 22.1. The highest BCUT2D eigenvalue weighted by atomic mass is 15.3. The van der Waals surface area contributed by atoms with Gasteiger partial charge in [-0.1, -0.05) is 204 Å². The van der Waals surface area contributed by atoms with Crippen LogP contribution in [0.25, 0.3) is 0 Å². The van der Waals surface area contributed by atoms with E-state index in [-0.39, 0.29) is 55.7 Å². The number of nitrogens with zero attached hydrogens (tertiary/aromatic N) is 4. The Morgan fingerprint density at radius 1 is 0.317 bits per heavy atom. The van der Waals surface area contributed by atoms with Crippen LogP contribution in [0.1, 0.15) is 215 Å². The standard InChI is InChI=1S/C77H93BN4/c1-69(2,3)49-23-30-54(31-24-49)79-64-38-29-53(73(13,14)15)45-61(64)78-60-35-34-56(81-62-36-27-51(71(7,8)9)43-58(62)74(16)39-20-21-41-76(74,81)18)46-65(60)80(55-32-25-50(26-33-55)70(4,5)6)67-48-57(47-66(79)68(67)78)82-63-37-28-52(72(10,11)12)44-59(63)75(17)40-22-42-77(75,82)19/h23-38,43-48H,20-22,39-42H2,1-19H3. The van der Waals surface area contributed by atoms with Gasteiger partial charge in [0.15, 0.2) is 0 Å². The molecule has 7 aromatic rings. The van der Waals surface area contributed by atoms with Crippen molar-refractivity contribution >= 4 is 80.0 Å². The first-order chi connectivity index (χ1) is 38.3. The zero-order valence-corrected chi connectivity index (χ0v) is 53.5. The molecule has 4 heterocycles. The van der Waals surface area contributed by atoms with Crippen molar-refractivity contribution in [3.63, 3.8) is 0 Å². The summed E-state index contributed by atoms with van der Waals surface area (Å²) in [5.41, 5.74) is 26.5. The molecule has 4 aliphatic heterocycles. The number of anilines is 10. The minimum absolute atomic E-state index is 0.00133. The predicted molar refractivity (Wildman–Crippen MR) is 355 cm³/mol. The molecule has 0 amide bonds. The zero-order chi connectivity index (χ0) is 58.4. The first-order valence-electron chi connectivity index (χ1n) is 31.5. The first kappa shape index (κ1) is 55.0. The lowest BCUT2D eigenvalue weighted by Crippen LogP contribution is -2.61. The van der Waals surface area contributed by atoms with Gasteiger partial charge < -0.3 is 19.6 Å². The van der Waals surface area contributed by atoms with Gasteiger partial charge in [0.2, 0.25) is 0 Å². The second-order valence-electron chi connectivity index (χ2n) is 32.3. The van der Waals surface area contributed by atoms with Gasteiger partial charge >= 0.3 is 0 Å². The number of hydrogen-bond donors (Lipinski definition) is 0. The highest BCUT2D eigenvalue weighted by molar-refractivity contribution is 7.00. The molecule has 2 aliphatic carbocycles. The first-order valence-corrected chi connectivity index (χ1v) is 31.5. The van der Waals surface area contributed by atoms with Crippen LogP contribution in [0.3, 0.4) is 0 Å². The Hall–Kier alpha value is -6.20. The maximum absolute atomic E-state index is 2.83. The van der Waals surface area contributed by atoms with Gasteiger partial charge in [-0.25, -0.2) is 0 Å².